The predicted octanol–water partition coefficient (Wildman–Crippen LogP) is 3.50. The summed E-state index contributed by atoms with van der Waals surface area (Å²) in [5, 5.41) is 0.579. The van der Waals surface area contributed by atoms with Crippen LogP contribution in [0.25, 0.3) is 0 Å². The molecule has 1 fully saturated rings. The van der Waals surface area contributed by atoms with Crippen molar-refractivity contribution in [2.75, 3.05) is 17.7 Å². The molecule has 0 spiro atoms. The van der Waals surface area contributed by atoms with E-state index in [0.29, 0.717) is 23.2 Å². The number of imidazole rings is 1. The molecule has 0 bridgehead atoms. The van der Waals surface area contributed by atoms with Crippen molar-refractivity contribution in [3.8, 4) is 0 Å². The average Bonchev–Trinajstić information content (AvgIpc) is 3.30. The first-order chi connectivity index (χ1) is 17.6. The van der Waals surface area contributed by atoms with Crippen molar-refractivity contribution in [3.63, 3.8) is 0 Å². The summed E-state index contributed by atoms with van der Waals surface area (Å²) in [5.41, 5.74) is 8.49. The summed E-state index contributed by atoms with van der Waals surface area (Å²) in [7, 11) is 3.37. The topological polar surface area (TPSA) is 114 Å². The lowest BCUT2D eigenvalue weighted by molar-refractivity contribution is -0.170. The minimum absolute atomic E-state index is 0.0657. The highest BCUT2D eigenvalue weighted by Gasteiger charge is 2.55. The number of imide groups is 1. The van der Waals surface area contributed by atoms with Gasteiger partial charge in [0.1, 0.15) is 11.9 Å². The van der Waals surface area contributed by atoms with Crippen molar-refractivity contribution in [3.05, 3.63) is 70.6 Å². The van der Waals surface area contributed by atoms with Gasteiger partial charge in [0.15, 0.2) is 0 Å². The Morgan fingerprint density at radius 1 is 1.19 bits per heavy atom. The van der Waals surface area contributed by atoms with Crippen LogP contribution < -0.4 is 10.6 Å². The minimum atomic E-state index is -0.957. The zero-order chi connectivity index (χ0) is 26.9. The Labute approximate surface area is 221 Å². The van der Waals surface area contributed by atoms with Crippen LogP contribution >= 0.6 is 11.6 Å². The van der Waals surface area contributed by atoms with E-state index in [1.807, 2.05) is 32.0 Å². The number of aromatic nitrogens is 3. The van der Waals surface area contributed by atoms with Gasteiger partial charge in [-0.05, 0) is 55.0 Å². The first kappa shape index (κ1) is 26.3. The van der Waals surface area contributed by atoms with E-state index < -0.39 is 17.9 Å². The van der Waals surface area contributed by atoms with Crippen molar-refractivity contribution in [2.24, 2.45) is 13.0 Å². The van der Waals surface area contributed by atoms with Gasteiger partial charge in [0.05, 0.1) is 5.92 Å². The highest BCUT2D eigenvalue weighted by molar-refractivity contribution is 6.31. The Morgan fingerprint density at radius 2 is 1.95 bits per heavy atom. The molecule has 3 atom stereocenters. The zero-order valence-corrected chi connectivity index (χ0v) is 22.1. The van der Waals surface area contributed by atoms with Gasteiger partial charge in [0, 0.05) is 44.1 Å². The predicted molar refractivity (Wildman–Crippen MR) is 142 cm³/mol. The first-order valence-corrected chi connectivity index (χ1v) is 12.6. The molecule has 37 heavy (non-hydrogen) atoms. The second-order valence-corrected chi connectivity index (χ2v) is 9.92. The third-order valence-electron chi connectivity index (χ3n) is 6.97. The molecule has 3 heterocycles. The molecule has 194 valence electrons. The van der Waals surface area contributed by atoms with Crippen LogP contribution in [0.2, 0.25) is 5.02 Å². The lowest BCUT2D eigenvalue weighted by Gasteiger charge is -2.46. The quantitative estimate of drug-likeness (QED) is 0.453. The summed E-state index contributed by atoms with van der Waals surface area (Å²) in [6.07, 6.45) is 5.86. The number of β-lactam (4-membered cyclic amide) rings is 1. The number of anilines is 2. The number of nitrogens with two attached hydrogens (primary N) is 1. The van der Waals surface area contributed by atoms with E-state index in [9.17, 15) is 14.4 Å². The number of carbonyl (C=O) groups is 3. The number of likely N-dealkylation sites (N-methyl/N-ethyl adjacent to an activating group) is 1. The van der Waals surface area contributed by atoms with Crippen molar-refractivity contribution in [1.82, 2.24) is 19.4 Å². The minimum Gasteiger partial charge on any atom is -0.384 e. The van der Waals surface area contributed by atoms with E-state index >= 15 is 0 Å². The van der Waals surface area contributed by atoms with Gasteiger partial charge in [0.25, 0.3) is 5.91 Å². The molecule has 4 rings (SSSR count). The number of nitrogens with zero attached hydrogens (tertiary/aromatic N) is 5. The standard InChI is InChI=1S/C27H31ClN6O3/c1-5-18(19-12-16(2)6-7-21(19)28)15-23(35)34-24(26(37)33(4)27-31-10-11-32(27)3)20(25(34)36)13-17-8-9-30-22(29)14-17/h6-12,14,18,20,24H,5,13,15H2,1-4H3,(H2,29,30)/t18-,20+,24-/m0/s1. The fourth-order valence-electron chi connectivity index (χ4n) is 4.92. The highest BCUT2D eigenvalue weighted by atomic mass is 35.5. The Bertz CT molecular complexity index is 1340. The number of amides is 3. The summed E-state index contributed by atoms with van der Waals surface area (Å²) in [6.45, 7) is 3.94. The molecule has 1 aromatic carbocycles. The Morgan fingerprint density at radius 3 is 2.59 bits per heavy atom. The molecule has 3 aromatic rings. The summed E-state index contributed by atoms with van der Waals surface area (Å²) >= 11 is 6.45. The monoisotopic (exact) mass is 522 g/mol. The molecule has 9 nitrogen and oxygen atoms in total. The SMILES string of the molecule is CC[C@@H](CC(=O)N1C(=O)[C@H](Cc2ccnc(N)c2)[C@H]1C(=O)N(C)c1nccn1C)c1cc(C)ccc1Cl. The van der Waals surface area contributed by atoms with E-state index in [4.69, 9.17) is 17.3 Å². The number of benzene rings is 1. The number of aryl methyl sites for hydroxylation is 2. The second-order valence-electron chi connectivity index (χ2n) is 9.52. The lowest BCUT2D eigenvalue weighted by atomic mass is 9.80. The molecule has 10 heteroatoms. The summed E-state index contributed by atoms with van der Waals surface area (Å²) < 4.78 is 1.70. The Hall–Kier alpha value is -3.72. The van der Waals surface area contributed by atoms with Gasteiger partial charge >= 0.3 is 0 Å². The van der Waals surface area contributed by atoms with E-state index in [1.165, 1.54) is 4.90 Å². The Balaban J connectivity index is 1.62. The largest absolute Gasteiger partial charge is 0.384 e. The van der Waals surface area contributed by atoms with E-state index in [-0.39, 0.29) is 30.6 Å². The van der Waals surface area contributed by atoms with Gasteiger partial charge < -0.3 is 10.3 Å². The normalized spacial score (nSPS) is 17.9. The highest BCUT2D eigenvalue weighted by Crippen LogP contribution is 2.36. The van der Waals surface area contributed by atoms with Crippen LogP contribution in [0.15, 0.2) is 48.9 Å². The molecular weight excluding hydrogens is 492 g/mol. The van der Waals surface area contributed by atoms with Crippen LogP contribution in [0, 0.1) is 12.8 Å². The van der Waals surface area contributed by atoms with Crippen LogP contribution in [0.3, 0.4) is 0 Å². The van der Waals surface area contributed by atoms with Crippen LogP contribution in [0.1, 0.15) is 42.4 Å². The number of carbonyl (C=O) groups excluding carboxylic acids is 3. The number of hydrogen-bond donors (Lipinski definition) is 1. The Kier molecular flexibility index (Phi) is 7.63. The van der Waals surface area contributed by atoms with Crippen molar-refractivity contribution >= 4 is 41.1 Å². The maximum atomic E-state index is 13.7. The molecular formula is C27H31ClN6O3. The summed E-state index contributed by atoms with van der Waals surface area (Å²) in [5.74, 6) is -1.30. The van der Waals surface area contributed by atoms with Crippen LogP contribution in [0.4, 0.5) is 11.8 Å². The number of pyridine rings is 1. The number of halogens is 1. The molecule has 3 amide bonds. The molecule has 0 unspecified atom stereocenters. The maximum Gasteiger partial charge on any atom is 0.253 e. The molecule has 1 aliphatic heterocycles. The van der Waals surface area contributed by atoms with Gasteiger partial charge in [-0.25, -0.2) is 9.97 Å². The van der Waals surface area contributed by atoms with Crippen LogP contribution in [0.5, 0.6) is 0 Å². The smallest absolute Gasteiger partial charge is 0.253 e. The summed E-state index contributed by atoms with van der Waals surface area (Å²) in [4.78, 5) is 51.4. The fourth-order valence-corrected chi connectivity index (χ4v) is 5.19. The number of nitrogen functional groups attached to an aromatic ring is 1. The molecule has 0 saturated carbocycles. The molecule has 0 aliphatic carbocycles. The first-order valence-electron chi connectivity index (χ1n) is 12.2. The molecule has 1 aliphatic rings. The number of likely N-dealkylation sites (tertiary alicyclic amines) is 1. The second kappa shape index (κ2) is 10.7. The van der Waals surface area contributed by atoms with Gasteiger partial charge in [-0.15, -0.1) is 0 Å². The lowest BCUT2D eigenvalue weighted by Crippen LogP contribution is -2.69. The number of hydrogen-bond acceptors (Lipinski definition) is 6. The van der Waals surface area contributed by atoms with Crippen LogP contribution in [-0.4, -0.2) is 50.2 Å². The van der Waals surface area contributed by atoms with Crippen molar-refractivity contribution in [2.45, 2.75) is 45.1 Å². The molecule has 2 N–H and O–H groups in total. The van der Waals surface area contributed by atoms with E-state index in [1.54, 1.807) is 49.4 Å². The third-order valence-corrected chi connectivity index (χ3v) is 7.31. The number of rotatable bonds is 8. The van der Waals surface area contributed by atoms with Gasteiger partial charge in [0.2, 0.25) is 17.8 Å². The van der Waals surface area contributed by atoms with E-state index in [2.05, 4.69) is 9.97 Å². The molecule has 2 aromatic heterocycles. The summed E-state index contributed by atoms with van der Waals surface area (Å²) in [6, 6.07) is 8.17. The van der Waals surface area contributed by atoms with Gasteiger partial charge in [-0.2, -0.15) is 0 Å². The van der Waals surface area contributed by atoms with Crippen molar-refractivity contribution < 1.29 is 14.4 Å². The maximum absolute atomic E-state index is 13.7. The average molecular weight is 523 g/mol. The van der Waals surface area contributed by atoms with E-state index in [0.717, 1.165) is 21.6 Å². The molecule has 0 radical (unpaired) electrons. The van der Waals surface area contributed by atoms with Crippen LogP contribution in [-0.2, 0) is 27.9 Å². The third kappa shape index (κ3) is 5.22. The van der Waals surface area contributed by atoms with Gasteiger partial charge in [-0.3, -0.25) is 24.2 Å². The van der Waals surface area contributed by atoms with Gasteiger partial charge in [-0.1, -0.05) is 36.2 Å². The van der Waals surface area contributed by atoms with Crippen molar-refractivity contribution in [1.29, 1.82) is 0 Å². The molecule has 1 saturated heterocycles. The fraction of sp³-hybridized carbons (Fsp3) is 0.370. The zero-order valence-electron chi connectivity index (χ0n) is 21.4.